The lowest BCUT2D eigenvalue weighted by Gasteiger charge is -2.06. The molecule has 0 heterocycles. The Morgan fingerprint density at radius 2 is 2.12 bits per heavy atom. The second-order valence-electron chi connectivity index (χ2n) is 3.96. The van der Waals surface area contributed by atoms with Crippen LogP contribution in [0.15, 0.2) is 27.6 Å². The van der Waals surface area contributed by atoms with Crippen LogP contribution in [-0.2, 0) is 16.6 Å². The van der Waals surface area contributed by atoms with E-state index in [1.165, 1.54) is 18.9 Å². The number of sulfonamides is 1. The van der Waals surface area contributed by atoms with E-state index < -0.39 is 10.0 Å². The highest BCUT2D eigenvalue weighted by atomic mass is 79.9. The molecule has 0 aliphatic heterocycles. The molecule has 4 nitrogen and oxygen atoms in total. The molecule has 0 saturated heterocycles. The molecule has 1 fully saturated rings. The summed E-state index contributed by atoms with van der Waals surface area (Å²) >= 11 is 3.22. The highest BCUT2D eigenvalue weighted by Gasteiger charge is 2.20. The first kappa shape index (κ1) is 12.0. The second-order valence-corrected chi connectivity index (χ2v) is 6.35. The van der Waals surface area contributed by atoms with Crippen LogP contribution < -0.4 is 10.5 Å². The molecule has 6 heteroatoms. The molecule has 16 heavy (non-hydrogen) atoms. The van der Waals surface area contributed by atoms with Crippen LogP contribution in [-0.4, -0.2) is 14.5 Å². The third-order valence-corrected chi connectivity index (χ3v) is 4.36. The Morgan fingerprint density at radius 1 is 1.44 bits per heavy atom. The van der Waals surface area contributed by atoms with Crippen molar-refractivity contribution in [2.24, 2.45) is 5.14 Å². The Hall–Kier alpha value is -0.430. The number of benzene rings is 1. The van der Waals surface area contributed by atoms with Crippen LogP contribution in [0.25, 0.3) is 0 Å². The molecule has 1 aromatic rings. The first-order valence-electron chi connectivity index (χ1n) is 5.01. The zero-order valence-electron chi connectivity index (χ0n) is 8.61. The van der Waals surface area contributed by atoms with E-state index in [1.54, 1.807) is 12.1 Å². The zero-order chi connectivity index (χ0) is 11.8. The van der Waals surface area contributed by atoms with Crippen LogP contribution in [0.4, 0.5) is 0 Å². The fourth-order valence-corrected chi connectivity index (χ4v) is 3.13. The van der Waals surface area contributed by atoms with Crippen LogP contribution in [0.1, 0.15) is 18.4 Å². The number of primary sulfonamides is 1. The van der Waals surface area contributed by atoms with Crippen LogP contribution in [0.2, 0.25) is 0 Å². The molecule has 0 bridgehead atoms. The molecule has 1 saturated carbocycles. The van der Waals surface area contributed by atoms with E-state index in [0.717, 1.165) is 12.1 Å². The van der Waals surface area contributed by atoms with Gasteiger partial charge in [0.05, 0.1) is 4.90 Å². The standard InChI is InChI=1S/C10H13BrN2O2S/c11-9-5-7(6-13-8-2-3-8)1-4-10(9)16(12,14)15/h1,4-5,8,13H,2-3,6H2,(H2,12,14,15). The maximum absolute atomic E-state index is 11.2. The summed E-state index contributed by atoms with van der Waals surface area (Å²) in [5.74, 6) is 0. The molecule has 3 N–H and O–H groups in total. The van der Waals surface area contributed by atoms with Gasteiger partial charge in [-0.2, -0.15) is 0 Å². The van der Waals surface area contributed by atoms with Gasteiger partial charge in [-0.3, -0.25) is 0 Å². The van der Waals surface area contributed by atoms with Crippen LogP contribution in [0.3, 0.4) is 0 Å². The highest BCUT2D eigenvalue weighted by molar-refractivity contribution is 9.10. The van der Waals surface area contributed by atoms with Crippen molar-refractivity contribution in [3.8, 4) is 0 Å². The minimum absolute atomic E-state index is 0.127. The van der Waals surface area contributed by atoms with Gasteiger partial charge in [0.2, 0.25) is 10.0 Å². The first-order valence-corrected chi connectivity index (χ1v) is 7.35. The van der Waals surface area contributed by atoms with Gasteiger partial charge in [-0.15, -0.1) is 0 Å². The molecule has 1 aromatic carbocycles. The summed E-state index contributed by atoms with van der Waals surface area (Å²) in [6.45, 7) is 0.758. The molecular weight excluding hydrogens is 292 g/mol. The van der Waals surface area contributed by atoms with E-state index in [4.69, 9.17) is 5.14 Å². The topological polar surface area (TPSA) is 72.2 Å². The smallest absolute Gasteiger partial charge is 0.239 e. The van der Waals surface area contributed by atoms with Crippen molar-refractivity contribution in [2.75, 3.05) is 0 Å². The average Bonchev–Trinajstić information content (AvgIpc) is 2.96. The molecule has 1 aliphatic carbocycles. The summed E-state index contributed by atoms with van der Waals surface area (Å²) < 4.78 is 22.9. The zero-order valence-corrected chi connectivity index (χ0v) is 11.0. The van der Waals surface area contributed by atoms with Gasteiger partial charge in [-0.25, -0.2) is 13.6 Å². The predicted molar refractivity (Wildman–Crippen MR) is 65.4 cm³/mol. The highest BCUT2D eigenvalue weighted by Crippen LogP contribution is 2.23. The Labute approximate surface area is 103 Å². The van der Waals surface area contributed by atoms with Crippen molar-refractivity contribution in [2.45, 2.75) is 30.3 Å². The molecule has 88 valence electrons. The Balaban J connectivity index is 2.15. The van der Waals surface area contributed by atoms with Crippen LogP contribution in [0, 0.1) is 0 Å². The molecule has 0 unspecified atom stereocenters. The molecule has 0 radical (unpaired) electrons. The van der Waals surface area contributed by atoms with E-state index in [9.17, 15) is 8.42 Å². The van der Waals surface area contributed by atoms with Crippen molar-refractivity contribution in [3.05, 3.63) is 28.2 Å². The van der Waals surface area contributed by atoms with Gasteiger partial charge < -0.3 is 5.32 Å². The van der Waals surface area contributed by atoms with Gasteiger partial charge in [0.1, 0.15) is 0 Å². The monoisotopic (exact) mass is 304 g/mol. The predicted octanol–water partition coefficient (Wildman–Crippen LogP) is 1.35. The van der Waals surface area contributed by atoms with Crippen molar-refractivity contribution in [1.29, 1.82) is 0 Å². The lowest BCUT2D eigenvalue weighted by Crippen LogP contribution is -2.16. The Kier molecular flexibility index (Phi) is 3.34. The van der Waals surface area contributed by atoms with E-state index in [2.05, 4.69) is 21.2 Å². The minimum Gasteiger partial charge on any atom is -0.310 e. The fourth-order valence-electron chi connectivity index (χ4n) is 1.43. The molecule has 1 aliphatic rings. The SMILES string of the molecule is NS(=O)(=O)c1ccc(CNC2CC2)cc1Br. The number of hydrogen-bond donors (Lipinski definition) is 2. The molecular formula is C10H13BrN2O2S. The van der Waals surface area contributed by atoms with Gasteiger partial charge in [0.15, 0.2) is 0 Å². The van der Waals surface area contributed by atoms with Crippen molar-refractivity contribution >= 4 is 26.0 Å². The Bertz CT molecular complexity index is 498. The summed E-state index contributed by atoms with van der Waals surface area (Å²) in [7, 11) is -3.64. The van der Waals surface area contributed by atoms with Crippen molar-refractivity contribution in [3.63, 3.8) is 0 Å². The van der Waals surface area contributed by atoms with Crippen molar-refractivity contribution < 1.29 is 8.42 Å². The maximum Gasteiger partial charge on any atom is 0.239 e. The largest absolute Gasteiger partial charge is 0.310 e. The van der Waals surface area contributed by atoms with E-state index in [-0.39, 0.29) is 4.90 Å². The number of rotatable bonds is 4. The summed E-state index contributed by atoms with van der Waals surface area (Å²) in [4.78, 5) is 0.127. The minimum atomic E-state index is -3.64. The summed E-state index contributed by atoms with van der Waals surface area (Å²) in [6.07, 6.45) is 2.47. The van der Waals surface area contributed by atoms with E-state index >= 15 is 0 Å². The van der Waals surface area contributed by atoms with Gasteiger partial charge in [0, 0.05) is 17.1 Å². The number of nitrogens with one attached hydrogen (secondary N) is 1. The number of nitrogens with two attached hydrogens (primary N) is 1. The summed E-state index contributed by atoms with van der Waals surface area (Å²) in [5, 5.41) is 8.42. The van der Waals surface area contributed by atoms with Crippen LogP contribution in [0.5, 0.6) is 0 Å². The van der Waals surface area contributed by atoms with Gasteiger partial charge in [-0.1, -0.05) is 6.07 Å². The number of hydrogen-bond acceptors (Lipinski definition) is 3. The maximum atomic E-state index is 11.2. The summed E-state index contributed by atoms with van der Waals surface area (Å²) in [6, 6.07) is 5.73. The molecule has 0 spiro atoms. The summed E-state index contributed by atoms with van der Waals surface area (Å²) in [5.41, 5.74) is 1.05. The van der Waals surface area contributed by atoms with Gasteiger partial charge >= 0.3 is 0 Å². The Morgan fingerprint density at radius 3 is 2.62 bits per heavy atom. The molecule has 0 aromatic heterocycles. The lowest BCUT2D eigenvalue weighted by atomic mass is 10.2. The first-order chi connectivity index (χ1) is 7.47. The fraction of sp³-hybridized carbons (Fsp3) is 0.400. The second kappa shape index (κ2) is 4.44. The lowest BCUT2D eigenvalue weighted by molar-refractivity contribution is 0.597. The third kappa shape index (κ3) is 3.04. The average molecular weight is 305 g/mol. The number of halogens is 1. The van der Waals surface area contributed by atoms with E-state index in [1.807, 2.05) is 0 Å². The van der Waals surface area contributed by atoms with Gasteiger partial charge in [-0.05, 0) is 46.5 Å². The van der Waals surface area contributed by atoms with E-state index in [0.29, 0.717) is 10.5 Å². The molecule has 0 atom stereocenters. The molecule has 2 rings (SSSR count). The molecule has 0 amide bonds. The van der Waals surface area contributed by atoms with Crippen molar-refractivity contribution in [1.82, 2.24) is 5.32 Å². The normalized spacial score (nSPS) is 16.4. The van der Waals surface area contributed by atoms with Gasteiger partial charge in [0.25, 0.3) is 0 Å². The quantitative estimate of drug-likeness (QED) is 0.882. The third-order valence-electron chi connectivity index (χ3n) is 2.48. The van der Waals surface area contributed by atoms with Crippen LogP contribution >= 0.6 is 15.9 Å².